The molecule has 0 spiro atoms. The number of nitrogens with zero attached hydrogens (tertiary/aromatic N) is 1. The highest BCUT2D eigenvalue weighted by Gasteiger charge is 2.17. The van der Waals surface area contributed by atoms with E-state index in [4.69, 9.17) is 9.47 Å². The van der Waals surface area contributed by atoms with Crippen molar-refractivity contribution in [1.29, 1.82) is 0 Å². The third-order valence-corrected chi connectivity index (χ3v) is 3.07. The van der Waals surface area contributed by atoms with Gasteiger partial charge < -0.3 is 24.6 Å². The lowest BCUT2D eigenvalue weighted by atomic mass is 10.2. The van der Waals surface area contributed by atoms with Gasteiger partial charge in [-0.3, -0.25) is 9.59 Å². The number of benzene rings is 1. The SMILES string of the molecule is CN(C)C(=O)C[NH+](C)CC(=O)Nc1ccc2c(c1)OCO2. The van der Waals surface area contributed by atoms with Gasteiger partial charge in [-0.2, -0.15) is 0 Å². The van der Waals surface area contributed by atoms with E-state index < -0.39 is 0 Å². The molecule has 0 saturated carbocycles. The number of ether oxygens (including phenoxy) is 2. The van der Waals surface area contributed by atoms with Crippen LogP contribution >= 0.6 is 0 Å². The molecule has 2 N–H and O–H groups in total. The molecule has 0 bridgehead atoms. The lowest BCUT2D eigenvalue weighted by Gasteiger charge is -2.16. The van der Waals surface area contributed by atoms with Crippen LogP contribution in [0.2, 0.25) is 0 Å². The first-order chi connectivity index (χ1) is 9.95. The van der Waals surface area contributed by atoms with E-state index in [2.05, 4.69) is 5.32 Å². The quantitative estimate of drug-likeness (QED) is 0.727. The van der Waals surface area contributed by atoms with Crippen molar-refractivity contribution < 1.29 is 24.0 Å². The summed E-state index contributed by atoms with van der Waals surface area (Å²) < 4.78 is 10.5. The summed E-state index contributed by atoms with van der Waals surface area (Å²) in [6.45, 7) is 0.696. The Balaban J connectivity index is 1.85. The van der Waals surface area contributed by atoms with E-state index in [1.54, 1.807) is 39.3 Å². The molecule has 2 rings (SSSR count). The monoisotopic (exact) mass is 294 g/mol. The van der Waals surface area contributed by atoms with E-state index in [0.29, 0.717) is 17.2 Å². The van der Waals surface area contributed by atoms with Crippen LogP contribution in [0.3, 0.4) is 0 Å². The highest BCUT2D eigenvalue weighted by Crippen LogP contribution is 2.34. The van der Waals surface area contributed by atoms with Gasteiger partial charge in [0.25, 0.3) is 11.8 Å². The summed E-state index contributed by atoms with van der Waals surface area (Å²) in [4.78, 5) is 25.8. The smallest absolute Gasteiger partial charge is 0.279 e. The Morgan fingerprint density at radius 2 is 1.95 bits per heavy atom. The van der Waals surface area contributed by atoms with Crippen LogP contribution in [0.5, 0.6) is 11.5 Å². The molecule has 0 saturated heterocycles. The second kappa shape index (κ2) is 6.45. The van der Waals surface area contributed by atoms with Gasteiger partial charge in [0.15, 0.2) is 24.6 Å². The van der Waals surface area contributed by atoms with Gasteiger partial charge in [0.2, 0.25) is 6.79 Å². The van der Waals surface area contributed by atoms with Crippen molar-refractivity contribution in [2.45, 2.75) is 0 Å². The minimum atomic E-state index is -0.155. The van der Waals surface area contributed by atoms with E-state index >= 15 is 0 Å². The Morgan fingerprint density at radius 3 is 2.67 bits per heavy atom. The molecule has 1 aromatic rings. The van der Waals surface area contributed by atoms with Gasteiger partial charge in [-0.1, -0.05) is 0 Å². The van der Waals surface area contributed by atoms with Crippen molar-refractivity contribution in [2.24, 2.45) is 0 Å². The maximum Gasteiger partial charge on any atom is 0.279 e. The Morgan fingerprint density at radius 1 is 1.24 bits per heavy atom. The average Bonchev–Trinajstić information content (AvgIpc) is 2.85. The zero-order chi connectivity index (χ0) is 15.4. The van der Waals surface area contributed by atoms with Crippen molar-refractivity contribution in [2.75, 3.05) is 46.3 Å². The molecular weight excluding hydrogens is 274 g/mol. The van der Waals surface area contributed by atoms with E-state index in [1.165, 1.54) is 4.90 Å². The summed E-state index contributed by atoms with van der Waals surface area (Å²) in [6, 6.07) is 5.23. The number of amides is 2. The van der Waals surface area contributed by atoms with Crippen molar-refractivity contribution in [3.63, 3.8) is 0 Å². The average molecular weight is 294 g/mol. The van der Waals surface area contributed by atoms with Gasteiger partial charge in [-0.25, -0.2) is 0 Å². The second-order valence-electron chi connectivity index (χ2n) is 5.22. The van der Waals surface area contributed by atoms with Crippen molar-refractivity contribution in [1.82, 2.24) is 4.90 Å². The summed E-state index contributed by atoms with van der Waals surface area (Å²) in [5, 5.41) is 2.78. The molecule has 1 heterocycles. The van der Waals surface area contributed by atoms with Gasteiger partial charge in [-0.05, 0) is 12.1 Å². The van der Waals surface area contributed by atoms with Crippen molar-refractivity contribution in [3.05, 3.63) is 18.2 Å². The van der Waals surface area contributed by atoms with E-state index in [0.717, 1.165) is 4.90 Å². The van der Waals surface area contributed by atoms with E-state index in [-0.39, 0.29) is 31.7 Å². The largest absolute Gasteiger partial charge is 0.454 e. The lowest BCUT2D eigenvalue weighted by Crippen LogP contribution is -3.11. The summed E-state index contributed by atoms with van der Waals surface area (Å²) in [6.07, 6.45) is 0. The molecule has 21 heavy (non-hydrogen) atoms. The highest BCUT2D eigenvalue weighted by atomic mass is 16.7. The number of carbonyl (C=O) groups excluding carboxylic acids is 2. The fourth-order valence-electron chi connectivity index (χ4n) is 1.93. The number of hydrogen-bond donors (Lipinski definition) is 2. The van der Waals surface area contributed by atoms with Crippen LogP contribution in [0.4, 0.5) is 5.69 Å². The number of hydrogen-bond acceptors (Lipinski definition) is 4. The summed E-state index contributed by atoms with van der Waals surface area (Å²) in [5.74, 6) is 1.13. The zero-order valence-corrected chi connectivity index (χ0v) is 12.4. The summed E-state index contributed by atoms with van der Waals surface area (Å²) >= 11 is 0. The Hall–Kier alpha value is -2.28. The minimum absolute atomic E-state index is 0.0108. The van der Waals surface area contributed by atoms with Gasteiger partial charge in [-0.15, -0.1) is 0 Å². The molecule has 0 aliphatic carbocycles. The Labute approximate surface area is 123 Å². The van der Waals surface area contributed by atoms with Crippen molar-refractivity contribution in [3.8, 4) is 11.5 Å². The number of rotatable bonds is 5. The number of anilines is 1. The van der Waals surface area contributed by atoms with Crippen LogP contribution in [0.1, 0.15) is 0 Å². The first-order valence-corrected chi connectivity index (χ1v) is 6.66. The van der Waals surface area contributed by atoms with E-state index in [1.807, 2.05) is 0 Å². The topological polar surface area (TPSA) is 72.3 Å². The summed E-state index contributed by atoms with van der Waals surface area (Å²) in [5.41, 5.74) is 0.649. The highest BCUT2D eigenvalue weighted by molar-refractivity contribution is 5.92. The maximum atomic E-state index is 11.9. The predicted molar refractivity (Wildman–Crippen MR) is 76.5 cm³/mol. The fraction of sp³-hybridized carbons (Fsp3) is 0.429. The minimum Gasteiger partial charge on any atom is -0.454 e. The molecule has 1 aromatic carbocycles. The molecule has 1 unspecified atom stereocenters. The number of likely N-dealkylation sites (N-methyl/N-ethyl adjacent to an activating group) is 2. The van der Waals surface area contributed by atoms with Crippen LogP contribution in [0.15, 0.2) is 18.2 Å². The van der Waals surface area contributed by atoms with Crippen LogP contribution < -0.4 is 19.7 Å². The standard InChI is InChI=1S/C14H19N3O4/c1-16(2)14(19)8-17(3)7-13(18)15-10-4-5-11-12(6-10)21-9-20-11/h4-6H,7-9H2,1-3H3,(H,15,18)/p+1. The van der Waals surface area contributed by atoms with Crippen LogP contribution in [0, 0.1) is 0 Å². The first-order valence-electron chi connectivity index (χ1n) is 6.66. The molecule has 1 aliphatic heterocycles. The van der Waals surface area contributed by atoms with Crippen LogP contribution in [-0.4, -0.2) is 57.7 Å². The van der Waals surface area contributed by atoms with Gasteiger partial charge in [0.1, 0.15) is 0 Å². The molecule has 1 aliphatic rings. The maximum absolute atomic E-state index is 11.9. The normalized spacial score (nSPS) is 13.7. The molecule has 7 nitrogen and oxygen atoms in total. The number of carbonyl (C=O) groups is 2. The molecule has 114 valence electrons. The Bertz CT molecular complexity index is 545. The van der Waals surface area contributed by atoms with Gasteiger partial charge in [0, 0.05) is 25.8 Å². The van der Waals surface area contributed by atoms with E-state index in [9.17, 15) is 9.59 Å². The zero-order valence-electron chi connectivity index (χ0n) is 12.4. The molecule has 1 atom stereocenters. The molecule has 0 radical (unpaired) electrons. The molecule has 7 heteroatoms. The lowest BCUT2D eigenvalue weighted by molar-refractivity contribution is -0.862. The number of fused-ring (bicyclic) bond motifs is 1. The third kappa shape index (κ3) is 4.09. The fourth-order valence-corrected chi connectivity index (χ4v) is 1.93. The van der Waals surface area contributed by atoms with Crippen LogP contribution in [-0.2, 0) is 9.59 Å². The number of quaternary nitrogens is 1. The molecular formula is C14H20N3O4+. The summed E-state index contributed by atoms with van der Waals surface area (Å²) in [7, 11) is 5.20. The first kappa shape index (κ1) is 15.1. The van der Waals surface area contributed by atoms with Crippen LogP contribution in [0.25, 0.3) is 0 Å². The number of nitrogens with one attached hydrogen (secondary N) is 2. The Kier molecular flexibility index (Phi) is 4.64. The molecule has 2 amide bonds. The predicted octanol–water partition coefficient (Wildman–Crippen LogP) is -1.04. The molecule has 0 aromatic heterocycles. The van der Waals surface area contributed by atoms with Crippen molar-refractivity contribution >= 4 is 17.5 Å². The second-order valence-corrected chi connectivity index (χ2v) is 5.22. The van der Waals surface area contributed by atoms with Gasteiger partial charge >= 0.3 is 0 Å². The van der Waals surface area contributed by atoms with Gasteiger partial charge in [0.05, 0.1) is 7.05 Å². The third-order valence-electron chi connectivity index (χ3n) is 3.07. The molecule has 0 fully saturated rings.